The molecule has 2 saturated heterocycles. The molecule has 9 nitrogen and oxygen atoms in total. The Morgan fingerprint density at radius 1 is 1.03 bits per heavy atom. The van der Waals surface area contributed by atoms with E-state index in [0.29, 0.717) is 12.4 Å². The summed E-state index contributed by atoms with van der Waals surface area (Å²) in [4.78, 5) is 41.5. The number of rotatable bonds is 4. The molecule has 1 atom stereocenters. The molecule has 9 heteroatoms. The third kappa shape index (κ3) is 3.58. The Morgan fingerprint density at radius 2 is 1.76 bits per heavy atom. The number of hydrogen-bond acceptors (Lipinski definition) is 8. The van der Waals surface area contributed by atoms with E-state index in [4.69, 9.17) is 4.98 Å². The number of hydrogen-bond donors (Lipinski definition) is 2. The molecular weight excluding hydrogens is 430 g/mol. The first-order chi connectivity index (χ1) is 16.5. The second-order valence-electron chi connectivity index (χ2n) is 10.1. The minimum Gasteiger partial charge on any atom is -0.369 e. The number of fused-ring (bicyclic) bond motifs is 1. The molecule has 0 bridgehead atoms. The van der Waals surface area contributed by atoms with E-state index in [9.17, 15) is 9.59 Å². The number of carbonyl (C=O) groups is 2. The maximum Gasteiger partial charge on any atom is 0.253 e. The Morgan fingerprint density at radius 3 is 2.44 bits per heavy atom. The smallest absolute Gasteiger partial charge is 0.253 e. The number of aromatic nitrogens is 2. The lowest BCUT2D eigenvalue weighted by atomic mass is 9.91. The lowest BCUT2D eigenvalue weighted by Gasteiger charge is -2.38. The lowest BCUT2D eigenvalue weighted by Crippen LogP contribution is -2.56. The molecular formula is C25H31N7O2. The maximum absolute atomic E-state index is 13.0. The van der Waals surface area contributed by atoms with E-state index >= 15 is 0 Å². The molecule has 3 aliphatic heterocycles. The zero-order valence-corrected chi connectivity index (χ0v) is 19.6. The van der Waals surface area contributed by atoms with E-state index in [1.54, 1.807) is 0 Å². The molecule has 3 fully saturated rings. The highest BCUT2D eigenvalue weighted by atomic mass is 16.2. The summed E-state index contributed by atoms with van der Waals surface area (Å²) < 4.78 is 0. The first-order valence-electron chi connectivity index (χ1n) is 12.3. The van der Waals surface area contributed by atoms with E-state index in [2.05, 4.69) is 61.6 Å². The molecule has 2 N–H and O–H groups in total. The minimum absolute atomic E-state index is 0.190. The summed E-state index contributed by atoms with van der Waals surface area (Å²) in [6, 6.07) is 8.61. The molecule has 2 amide bonds. The predicted octanol–water partition coefficient (Wildman–Crippen LogP) is 2.06. The van der Waals surface area contributed by atoms with Crippen LogP contribution in [0.5, 0.6) is 0 Å². The first kappa shape index (κ1) is 21.3. The van der Waals surface area contributed by atoms with Gasteiger partial charge in [0.2, 0.25) is 11.9 Å². The number of piperazine rings is 1. The fourth-order valence-corrected chi connectivity index (χ4v) is 6.00. The van der Waals surface area contributed by atoms with Gasteiger partial charge in [-0.1, -0.05) is 12.8 Å². The molecule has 1 unspecified atom stereocenters. The number of likely N-dealkylation sites (N-methyl/N-ethyl adjacent to an activating group) is 1. The molecule has 1 aromatic heterocycles. The van der Waals surface area contributed by atoms with Crippen molar-refractivity contribution in [2.45, 2.75) is 50.1 Å². The zero-order chi connectivity index (χ0) is 23.3. The number of imide groups is 1. The van der Waals surface area contributed by atoms with Gasteiger partial charge in [-0.25, -0.2) is 4.98 Å². The van der Waals surface area contributed by atoms with E-state index in [1.165, 1.54) is 5.69 Å². The van der Waals surface area contributed by atoms with E-state index < -0.39 is 5.54 Å². The van der Waals surface area contributed by atoms with Crippen molar-refractivity contribution < 1.29 is 9.59 Å². The van der Waals surface area contributed by atoms with Crippen LogP contribution in [0, 0.1) is 0 Å². The van der Waals surface area contributed by atoms with Gasteiger partial charge < -0.3 is 20.0 Å². The van der Waals surface area contributed by atoms with Crippen molar-refractivity contribution >= 4 is 35.0 Å². The minimum atomic E-state index is -0.855. The second-order valence-corrected chi connectivity index (χ2v) is 10.1. The summed E-state index contributed by atoms with van der Waals surface area (Å²) in [7, 11) is 2.16. The average Bonchev–Trinajstić information content (AvgIpc) is 3.52. The van der Waals surface area contributed by atoms with Gasteiger partial charge in [-0.2, -0.15) is 4.98 Å². The van der Waals surface area contributed by atoms with Gasteiger partial charge >= 0.3 is 0 Å². The van der Waals surface area contributed by atoms with Crippen molar-refractivity contribution in [3.05, 3.63) is 36.0 Å². The van der Waals surface area contributed by atoms with Gasteiger partial charge in [-0.05, 0) is 44.2 Å². The van der Waals surface area contributed by atoms with Crippen molar-refractivity contribution in [2.75, 3.05) is 48.3 Å². The fourth-order valence-electron chi connectivity index (χ4n) is 6.00. The highest BCUT2D eigenvalue weighted by molar-refractivity contribution is 6.11. The average molecular weight is 462 g/mol. The van der Waals surface area contributed by atoms with E-state index in [1.807, 2.05) is 6.20 Å². The van der Waals surface area contributed by atoms with Crippen molar-refractivity contribution in [1.29, 1.82) is 0 Å². The molecule has 2 aromatic rings. The molecule has 0 radical (unpaired) electrons. The van der Waals surface area contributed by atoms with Crippen molar-refractivity contribution in [2.24, 2.45) is 0 Å². The SMILES string of the molecule is CN1CCN(c2ccc(Nc3ncc4c(n3)N(C3CCCC3)C3(CC(=O)NC3=O)C4)cc2)CC1. The molecule has 6 rings (SSSR count). The van der Waals surface area contributed by atoms with Crippen LogP contribution in [0.25, 0.3) is 0 Å². The van der Waals surface area contributed by atoms with Crippen LogP contribution in [0.15, 0.2) is 30.5 Å². The Kier molecular flexibility index (Phi) is 5.17. The molecule has 1 spiro atoms. The van der Waals surface area contributed by atoms with Gasteiger partial charge in [0.25, 0.3) is 5.91 Å². The van der Waals surface area contributed by atoms with Gasteiger partial charge in [0.1, 0.15) is 11.4 Å². The monoisotopic (exact) mass is 461 g/mol. The normalized spacial score (nSPS) is 25.3. The van der Waals surface area contributed by atoms with Crippen LogP contribution in [0.3, 0.4) is 0 Å². The standard InChI is InChI=1S/C25H31N7O2/c1-30-10-12-31(13-11-30)19-8-6-18(7-9-19)27-24-26-16-17-14-25(15-21(33)28-23(25)34)32(22(17)29-24)20-4-2-3-5-20/h6-9,16,20H,2-5,10-15H2,1H3,(H,26,27,29)(H,28,33,34). The summed E-state index contributed by atoms with van der Waals surface area (Å²) in [5.41, 5.74) is 2.23. The van der Waals surface area contributed by atoms with Gasteiger partial charge in [0, 0.05) is 61.8 Å². The van der Waals surface area contributed by atoms with Crippen LogP contribution < -0.4 is 20.4 Å². The number of nitrogens with one attached hydrogen (secondary N) is 2. The highest BCUT2D eigenvalue weighted by Gasteiger charge is 2.58. The van der Waals surface area contributed by atoms with Gasteiger partial charge in [-0.15, -0.1) is 0 Å². The Hall–Kier alpha value is -3.20. The van der Waals surface area contributed by atoms with Crippen molar-refractivity contribution in [3.63, 3.8) is 0 Å². The third-order valence-electron chi connectivity index (χ3n) is 7.82. The molecule has 1 aromatic carbocycles. The van der Waals surface area contributed by atoms with Crippen molar-refractivity contribution in [1.82, 2.24) is 20.2 Å². The van der Waals surface area contributed by atoms with Crippen LogP contribution in [0.1, 0.15) is 37.7 Å². The predicted molar refractivity (Wildman–Crippen MR) is 130 cm³/mol. The molecule has 178 valence electrons. The molecule has 4 heterocycles. The Bertz CT molecular complexity index is 1110. The summed E-state index contributed by atoms with van der Waals surface area (Å²) in [6.45, 7) is 4.22. The first-order valence-corrected chi connectivity index (χ1v) is 12.3. The molecule has 1 saturated carbocycles. The molecule has 4 aliphatic rings. The van der Waals surface area contributed by atoms with E-state index in [0.717, 1.165) is 68.9 Å². The van der Waals surface area contributed by atoms with Crippen LogP contribution in [-0.2, 0) is 16.0 Å². The quantitative estimate of drug-likeness (QED) is 0.669. The highest BCUT2D eigenvalue weighted by Crippen LogP contribution is 2.46. The van der Waals surface area contributed by atoms with Gasteiger partial charge in [0.05, 0.1) is 6.42 Å². The van der Waals surface area contributed by atoms with Gasteiger partial charge in [0.15, 0.2) is 0 Å². The molecule has 34 heavy (non-hydrogen) atoms. The Labute approximate surface area is 199 Å². The van der Waals surface area contributed by atoms with Crippen LogP contribution in [0.4, 0.5) is 23.1 Å². The zero-order valence-electron chi connectivity index (χ0n) is 19.6. The Balaban J connectivity index is 1.24. The number of carbonyl (C=O) groups excluding carboxylic acids is 2. The van der Waals surface area contributed by atoms with Crippen LogP contribution >= 0.6 is 0 Å². The van der Waals surface area contributed by atoms with Crippen LogP contribution in [-0.4, -0.2) is 71.5 Å². The van der Waals surface area contributed by atoms with Crippen molar-refractivity contribution in [3.8, 4) is 0 Å². The molecule has 1 aliphatic carbocycles. The van der Waals surface area contributed by atoms with Crippen LogP contribution in [0.2, 0.25) is 0 Å². The van der Waals surface area contributed by atoms with Gasteiger partial charge in [-0.3, -0.25) is 14.9 Å². The summed E-state index contributed by atoms with van der Waals surface area (Å²) >= 11 is 0. The maximum atomic E-state index is 13.0. The summed E-state index contributed by atoms with van der Waals surface area (Å²) in [6.07, 6.45) is 6.80. The largest absolute Gasteiger partial charge is 0.369 e. The number of anilines is 4. The number of benzene rings is 1. The summed E-state index contributed by atoms with van der Waals surface area (Å²) in [5.74, 6) is 0.906. The lowest BCUT2D eigenvalue weighted by molar-refractivity contribution is -0.126. The third-order valence-corrected chi connectivity index (χ3v) is 7.82. The topological polar surface area (TPSA) is 93.7 Å². The van der Waals surface area contributed by atoms with E-state index in [-0.39, 0.29) is 24.3 Å². The second kappa shape index (κ2) is 8.23. The number of amides is 2. The number of nitrogens with zero attached hydrogens (tertiary/aromatic N) is 5. The fraction of sp³-hybridized carbons (Fsp3) is 0.520. The summed E-state index contributed by atoms with van der Waals surface area (Å²) in [5, 5.41) is 5.87.